The maximum absolute atomic E-state index is 13.4. The maximum atomic E-state index is 13.4. The molecule has 3 atom stereocenters. The minimum atomic E-state index is -3.97. The molecule has 3 aromatic heterocycles. The SMILES string of the molecule is CN1c2nc(Cl)ccc2N(CC2CC2(F)F)S1(=O)=O.COC(=O)c1ccc(C)c(-c2ccc3c(n2)N(C)S(=O)(=O)N3CC2CC2(F)F)c1.COC(=O)c1ccc(C)c(B2OC(C)(C)C(C)(C)O2)c1.Cc1ccc(C(C)(C)O)cc1-c1ccc2c(n1)N(C)S(=O)(=O)N2CC1CC1(F)F.[Br-].[CH3-].[Mg+2]. The number of carbonyl (C=O) groups excluding carboxylic acids is 2. The van der Waals surface area contributed by atoms with Crippen molar-refractivity contribution < 1.29 is 102 Å². The Morgan fingerprint density at radius 3 is 1.26 bits per heavy atom. The molecule has 538 valence electrons. The molecule has 22 nitrogen and oxygen atoms in total. The summed E-state index contributed by atoms with van der Waals surface area (Å²) in [5, 5.41) is 10.5. The number of alkyl halides is 6. The van der Waals surface area contributed by atoms with Gasteiger partial charge in [-0.2, -0.15) is 25.3 Å². The largest absolute Gasteiger partial charge is 2.00 e. The third kappa shape index (κ3) is 15.7. The molecule has 100 heavy (non-hydrogen) atoms. The molecule has 0 amide bonds. The summed E-state index contributed by atoms with van der Waals surface area (Å²) in [6.07, 6.45) is -0.894. The van der Waals surface area contributed by atoms with Crippen LogP contribution in [0, 0.1) is 46.0 Å². The number of esters is 2. The molecule has 35 heteroatoms. The number of hydrogen-bond acceptors (Lipinski definition) is 16. The number of methoxy groups -OCH3 is 2. The molecule has 13 rings (SSSR count). The Balaban J connectivity index is 0.000000189. The standard InChI is InChI=1S/C20H23F2N3O3S.C19H19F2N3O4S.C15H21BO4.C10H10ClF2N3O2S.CH3.BrH.Mg/c1-12-5-6-13(19(2,3)26)9-15(12)16-7-8-17-18(23-16)24(4)29(27,28)25(17)11-14-10-20(14,21)22;1-11-4-5-12(18(25)28-3)8-14(11)15-6-7-16-17(22-15)23(2)29(26,27)24(16)10-13-9-19(13,20)21;1-10-7-8-11(13(17)18-6)9-12(10)16-19-14(2,3)15(4,5)20-16;1-15-9-7(2-3-8(11)14-9)16(19(15,17)18)5-6-4-10(6,12)13;;;/h5-9,14,26H,10-11H2,1-4H3;4-8,13H,9-10H2,1-3H3;7-9H,1-6H3;2-3,6H,4-5H2,1H3;1H3;1H;/q;;;;-1;;+2/p-1. The smallest absolute Gasteiger partial charge is 1.00 e. The first-order valence-corrected chi connectivity index (χ1v) is 35.1. The van der Waals surface area contributed by atoms with Crippen molar-refractivity contribution in [3.8, 4) is 22.5 Å². The van der Waals surface area contributed by atoms with Gasteiger partial charge in [0.1, 0.15) is 5.15 Å². The Hall–Kier alpha value is -6.24. The molecule has 0 radical (unpaired) electrons. The van der Waals surface area contributed by atoms with Gasteiger partial charge in [0.2, 0.25) is 0 Å². The van der Waals surface area contributed by atoms with Gasteiger partial charge in [0.15, 0.2) is 17.5 Å². The Labute approximate surface area is 611 Å². The van der Waals surface area contributed by atoms with Crippen molar-refractivity contribution in [1.82, 2.24) is 15.0 Å². The summed E-state index contributed by atoms with van der Waals surface area (Å²) in [6.45, 7) is 16.3. The minimum absolute atomic E-state index is 0. The molecule has 6 aromatic rings. The van der Waals surface area contributed by atoms with Crippen molar-refractivity contribution in [2.45, 2.75) is 116 Å². The van der Waals surface area contributed by atoms with E-state index in [9.17, 15) is 66.3 Å². The second kappa shape index (κ2) is 28.4. The third-order valence-electron chi connectivity index (χ3n) is 18.5. The molecule has 3 aliphatic carbocycles. The summed E-state index contributed by atoms with van der Waals surface area (Å²) in [4.78, 5) is 36.4. The fraction of sp³-hybridized carbons (Fsp3) is 0.446. The monoisotopic (exact) mass is 1550 g/mol. The van der Waals surface area contributed by atoms with Gasteiger partial charge in [-0.1, -0.05) is 41.4 Å². The van der Waals surface area contributed by atoms with Crippen LogP contribution in [0.15, 0.2) is 91.0 Å². The van der Waals surface area contributed by atoms with Gasteiger partial charge in [0, 0.05) is 88.9 Å². The van der Waals surface area contributed by atoms with E-state index in [1.165, 1.54) is 47.5 Å². The average molecular weight is 1550 g/mol. The molecule has 0 bridgehead atoms. The summed E-state index contributed by atoms with van der Waals surface area (Å²) >= 11 is 5.72. The van der Waals surface area contributed by atoms with E-state index in [2.05, 4.69) is 15.0 Å². The van der Waals surface area contributed by atoms with E-state index < -0.39 is 96.0 Å². The zero-order valence-electron chi connectivity index (χ0n) is 57.5. The van der Waals surface area contributed by atoms with E-state index >= 15 is 0 Å². The van der Waals surface area contributed by atoms with E-state index in [-0.39, 0.29) is 126 Å². The molecule has 0 spiro atoms. The molecule has 4 fully saturated rings. The molecule has 3 aromatic carbocycles. The molecular formula is C65H76BBrClF6MgN9O13S3. The molecule has 3 saturated carbocycles. The van der Waals surface area contributed by atoms with Gasteiger partial charge < -0.3 is 48.3 Å². The van der Waals surface area contributed by atoms with E-state index in [1.54, 1.807) is 68.4 Å². The first kappa shape index (κ1) is 81.1. The zero-order valence-corrected chi connectivity index (χ0v) is 63.7. The van der Waals surface area contributed by atoms with Gasteiger partial charge in [0.25, 0.3) is 17.8 Å². The van der Waals surface area contributed by atoms with Gasteiger partial charge in [-0.05, 0) is 151 Å². The van der Waals surface area contributed by atoms with Crippen LogP contribution < -0.4 is 48.3 Å². The number of anilines is 6. The van der Waals surface area contributed by atoms with Crippen LogP contribution in [0.25, 0.3) is 22.5 Å². The van der Waals surface area contributed by atoms with Crippen LogP contribution >= 0.6 is 11.6 Å². The van der Waals surface area contributed by atoms with Crippen molar-refractivity contribution in [1.29, 1.82) is 0 Å². The van der Waals surface area contributed by atoms with Gasteiger partial charge in [-0.3, -0.25) is 0 Å². The van der Waals surface area contributed by atoms with Gasteiger partial charge in [-0.25, -0.2) is 76.7 Å². The van der Waals surface area contributed by atoms with Crippen LogP contribution in [0.3, 0.4) is 0 Å². The van der Waals surface area contributed by atoms with Crippen molar-refractivity contribution in [3.63, 3.8) is 0 Å². The van der Waals surface area contributed by atoms with Crippen LogP contribution in [-0.4, -0.2) is 171 Å². The number of aromatic nitrogens is 3. The number of pyridine rings is 3. The summed E-state index contributed by atoms with van der Waals surface area (Å²) in [7, 11) is -5.52. The van der Waals surface area contributed by atoms with E-state index in [1.807, 2.05) is 72.7 Å². The second-order valence-corrected chi connectivity index (χ2v) is 32.4. The number of hydrogen-bond donors (Lipinski definition) is 1. The van der Waals surface area contributed by atoms with E-state index in [0.29, 0.717) is 39.3 Å². The molecule has 1 N–H and O–H groups in total. The maximum Gasteiger partial charge on any atom is 2.00 e. The number of nitrogens with zero attached hydrogens (tertiary/aromatic N) is 9. The van der Waals surface area contributed by atoms with Crippen molar-refractivity contribution >= 4 is 124 Å². The molecule has 7 heterocycles. The quantitative estimate of drug-likeness (QED) is 0.0410. The fourth-order valence-corrected chi connectivity index (χ4v) is 15.5. The molecule has 4 aliphatic heterocycles. The minimum Gasteiger partial charge on any atom is -1.00 e. The Morgan fingerprint density at radius 1 is 0.570 bits per heavy atom. The van der Waals surface area contributed by atoms with Crippen LogP contribution in [0.5, 0.6) is 0 Å². The van der Waals surface area contributed by atoms with Crippen LogP contribution in [-0.2, 0) is 55.0 Å². The number of carbonyl (C=O) groups is 2. The van der Waals surface area contributed by atoms with Crippen molar-refractivity contribution in [3.05, 3.63) is 137 Å². The Kier molecular flexibility index (Phi) is 23.0. The first-order valence-electron chi connectivity index (χ1n) is 30.5. The summed E-state index contributed by atoms with van der Waals surface area (Å²) in [5.74, 6) is -11.6. The molecular weight excluding hydrogens is 1480 g/mol. The number of aryl methyl sites for hydroxylation is 3. The predicted octanol–water partition coefficient (Wildman–Crippen LogP) is 7.49. The molecule has 1 saturated heterocycles. The van der Waals surface area contributed by atoms with Crippen LogP contribution in [0.1, 0.15) is 104 Å². The van der Waals surface area contributed by atoms with Gasteiger partial charge in [0.05, 0.1) is 70.6 Å². The molecule has 7 aliphatic rings. The number of halogens is 8. The van der Waals surface area contributed by atoms with Crippen LogP contribution in [0.4, 0.5) is 60.9 Å². The van der Waals surface area contributed by atoms with Gasteiger partial charge >= 0.3 is 72.7 Å². The van der Waals surface area contributed by atoms with Crippen molar-refractivity contribution in [2.24, 2.45) is 17.8 Å². The Morgan fingerprint density at radius 2 is 0.900 bits per heavy atom. The van der Waals surface area contributed by atoms with Gasteiger partial charge in [-0.15, -0.1) is 0 Å². The summed E-state index contributed by atoms with van der Waals surface area (Å²) in [6, 6.07) is 25.3. The van der Waals surface area contributed by atoms with Crippen LogP contribution in [0.2, 0.25) is 5.15 Å². The number of benzene rings is 3. The number of ether oxygens (including phenoxy) is 2. The number of rotatable bonds is 12. The van der Waals surface area contributed by atoms with E-state index in [4.69, 9.17) is 30.4 Å². The normalized spacial score (nSPS) is 21.5. The van der Waals surface area contributed by atoms with Crippen molar-refractivity contribution in [2.75, 3.05) is 80.8 Å². The summed E-state index contributed by atoms with van der Waals surface area (Å²) < 4.78 is 182. The Bertz CT molecular complexity index is 4520. The first-order chi connectivity index (χ1) is 44.8. The zero-order chi connectivity index (χ0) is 71.6. The number of aliphatic hydroxyl groups is 1. The molecule has 3 unspecified atom stereocenters. The second-order valence-electron chi connectivity index (χ2n) is 26.3. The fourth-order valence-electron chi connectivity index (χ4n) is 11.1. The predicted molar refractivity (Wildman–Crippen MR) is 368 cm³/mol. The topological polar surface area (TPSA) is 252 Å². The third-order valence-corrected chi connectivity index (χ3v) is 24.0. The summed E-state index contributed by atoms with van der Waals surface area (Å²) in [5.41, 5.74) is 6.65. The average Bonchev–Trinajstić information content (AvgIpc) is 1.59. The number of fused-ring (bicyclic) bond motifs is 3. The van der Waals surface area contributed by atoms with E-state index in [0.717, 1.165) is 53.5 Å².